The summed E-state index contributed by atoms with van der Waals surface area (Å²) in [6.07, 6.45) is 0. The third-order valence-electron chi connectivity index (χ3n) is 7.91. The van der Waals surface area contributed by atoms with E-state index in [4.69, 9.17) is 9.31 Å². The van der Waals surface area contributed by atoms with E-state index < -0.39 is 0 Å². The normalized spacial score (nSPS) is 16.3. The Kier molecular flexibility index (Phi) is 5.79. The van der Waals surface area contributed by atoms with E-state index in [9.17, 15) is 0 Å². The first-order valence-corrected chi connectivity index (χ1v) is 13.0. The van der Waals surface area contributed by atoms with Gasteiger partial charge < -0.3 is 9.31 Å². The molecule has 0 bridgehead atoms. The monoisotopic (exact) mass is 482 g/mol. The van der Waals surface area contributed by atoms with E-state index in [1.54, 1.807) is 0 Å². The van der Waals surface area contributed by atoms with Crippen molar-refractivity contribution in [2.45, 2.75) is 38.9 Å². The maximum Gasteiger partial charge on any atom is 0.494 e. The number of rotatable bonds is 4. The minimum atomic E-state index is -0.363. The van der Waals surface area contributed by atoms with Crippen LogP contribution in [0.4, 0.5) is 0 Å². The summed E-state index contributed by atoms with van der Waals surface area (Å²) in [6, 6.07) is 41.2. The van der Waals surface area contributed by atoms with E-state index in [2.05, 4.69) is 143 Å². The van der Waals surface area contributed by atoms with Crippen LogP contribution < -0.4 is 5.46 Å². The van der Waals surface area contributed by atoms with E-state index in [1.807, 2.05) is 0 Å². The Balaban J connectivity index is 1.47. The topological polar surface area (TPSA) is 18.5 Å². The van der Waals surface area contributed by atoms with Gasteiger partial charge in [-0.25, -0.2) is 0 Å². The van der Waals surface area contributed by atoms with Gasteiger partial charge in [-0.15, -0.1) is 0 Å². The molecule has 1 aliphatic rings. The van der Waals surface area contributed by atoms with Crippen molar-refractivity contribution in [3.8, 4) is 33.4 Å². The predicted molar refractivity (Wildman–Crippen MR) is 156 cm³/mol. The highest BCUT2D eigenvalue weighted by Gasteiger charge is 2.51. The van der Waals surface area contributed by atoms with Crippen LogP contribution in [0, 0.1) is 0 Å². The zero-order valence-electron chi connectivity index (χ0n) is 21.9. The maximum absolute atomic E-state index is 6.30. The molecule has 0 saturated carbocycles. The summed E-state index contributed by atoms with van der Waals surface area (Å²) in [7, 11) is -0.363. The Morgan fingerprint density at radius 1 is 0.486 bits per heavy atom. The molecule has 182 valence electrons. The number of fused-ring (bicyclic) bond motifs is 1. The van der Waals surface area contributed by atoms with Gasteiger partial charge in [0, 0.05) is 0 Å². The predicted octanol–water partition coefficient (Wildman–Crippen LogP) is 8.14. The van der Waals surface area contributed by atoms with E-state index in [1.165, 1.54) is 44.2 Å². The second-order valence-electron chi connectivity index (χ2n) is 10.9. The first-order valence-electron chi connectivity index (χ1n) is 13.0. The largest absolute Gasteiger partial charge is 0.494 e. The van der Waals surface area contributed by atoms with Gasteiger partial charge in [0.2, 0.25) is 0 Å². The molecule has 0 radical (unpaired) electrons. The second-order valence-corrected chi connectivity index (χ2v) is 10.9. The van der Waals surface area contributed by atoms with Gasteiger partial charge in [0.1, 0.15) is 0 Å². The zero-order chi connectivity index (χ0) is 25.6. The summed E-state index contributed by atoms with van der Waals surface area (Å²) in [6.45, 7) is 8.37. The molecule has 37 heavy (non-hydrogen) atoms. The van der Waals surface area contributed by atoms with Crippen LogP contribution in [-0.2, 0) is 9.31 Å². The molecule has 0 amide bonds. The molecule has 5 aromatic rings. The van der Waals surface area contributed by atoms with Crippen LogP contribution in [0.1, 0.15) is 27.7 Å². The second kappa shape index (κ2) is 9.02. The van der Waals surface area contributed by atoms with Gasteiger partial charge in [0.25, 0.3) is 0 Å². The summed E-state index contributed by atoms with van der Waals surface area (Å²) < 4.78 is 12.6. The molecule has 0 unspecified atom stereocenters. The lowest BCUT2D eigenvalue weighted by molar-refractivity contribution is 0.00578. The first-order chi connectivity index (χ1) is 17.8. The molecule has 0 aromatic heterocycles. The summed E-state index contributed by atoms with van der Waals surface area (Å²) in [5, 5.41) is 2.37. The molecule has 0 N–H and O–H groups in total. The standard InChI is InChI=1S/C34H31BO2/c1-33(2)34(3,4)37-35(36-33)29-21-20-26-22-28(19-18-27(26)23-29)32-30(24-12-7-5-8-13-24)16-11-17-31(32)25-14-9-6-10-15-25/h5-23H,1-4H3. The number of benzene rings is 5. The fraction of sp³-hybridized carbons (Fsp3) is 0.176. The molecule has 1 saturated heterocycles. The van der Waals surface area contributed by atoms with E-state index >= 15 is 0 Å². The van der Waals surface area contributed by atoms with Gasteiger partial charge in [-0.3, -0.25) is 0 Å². The van der Waals surface area contributed by atoms with Crippen molar-refractivity contribution in [3.63, 3.8) is 0 Å². The molecule has 2 nitrogen and oxygen atoms in total. The molecule has 0 spiro atoms. The van der Waals surface area contributed by atoms with Crippen molar-refractivity contribution < 1.29 is 9.31 Å². The lowest BCUT2D eigenvalue weighted by Gasteiger charge is -2.32. The lowest BCUT2D eigenvalue weighted by Crippen LogP contribution is -2.41. The van der Waals surface area contributed by atoms with E-state index in [0.29, 0.717) is 0 Å². The average Bonchev–Trinajstić information content (AvgIpc) is 3.15. The first kappa shape index (κ1) is 23.7. The smallest absolute Gasteiger partial charge is 0.399 e. The summed E-state index contributed by atoms with van der Waals surface area (Å²) >= 11 is 0. The van der Waals surface area contributed by atoms with Crippen LogP contribution in [0.15, 0.2) is 115 Å². The fourth-order valence-electron chi connectivity index (χ4n) is 5.13. The Morgan fingerprint density at radius 2 is 1.00 bits per heavy atom. The van der Waals surface area contributed by atoms with Crippen LogP contribution in [0.25, 0.3) is 44.2 Å². The van der Waals surface area contributed by atoms with Crippen molar-refractivity contribution in [1.82, 2.24) is 0 Å². The van der Waals surface area contributed by atoms with Crippen molar-refractivity contribution in [2.75, 3.05) is 0 Å². The molecular formula is C34H31BO2. The Labute approximate surface area is 220 Å². The van der Waals surface area contributed by atoms with E-state index in [-0.39, 0.29) is 18.3 Å². The molecular weight excluding hydrogens is 451 g/mol. The quantitative estimate of drug-likeness (QED) is 0.241. The van der Waals surface area contributed by atoms with Gasteiger partial charge in [-0.1, -0.05) is 109 Å². The molecule has 0 atom stereocenters. The van der Waals surface area contributed by atoms with Crippen LogP contribution in [0.3, 0.4) is 0 Å². The highest BCUT2D eigenvalue weighted by Crippen LogP contribution is 2.41. The molecule has 1 fully saturated rings. The zero-order valence-corrected chi connectivity index (χ0v) is 21.9. The minimum absolute atomic E-state index is 0.356. The van der Waals surface area contributed by atoms with Gasteiger partial charge in [-0.2, -0.15) is 0 Å². The van der Waals surface area contributed by atoms with Crippen molar-refractivity contribution in [2.24, 2.45) is 0 Å². The molecule has 1 aliphatic heterocycles. The number of hydrogen-bond donors (Lipinski definition) is 0. The molecule has 3 heteroatoms. The maximum atomic E-state index is 6.30. The van der Waals surface area contributed by atoms with Crippen molar-refractivity contribution in [3.05, 3.63) is 115 Å². The third kappa shape index (κ3) is 4.29. The van der Waals surface area contributed by atoms with Crippen LogP contribution in [-0.4, -0.2) is 18.3 Å². The lowest BCUT2D eigenvalue weighted by atomic mass is 9.78. The SMILES string of the molecule is CC1(C)OB(c2ccc3cc(-c4c(-c5ccccc5)cccc4-c4ccccc4)ccc3c2)OC1(C)C. The van der Waals surface area contributed by atoms with Gasteiger partial charge in [0.05, 0.1) is 11.2 Å². The summed E-state index contributed by atoms with van der Waals surface area (Å²) in [5.74, 6) is 0. The Bertz CT molecular complexity index is 1500. The van der Waals surface area contributed by atoms with E-state index in [0.717, 1.165) is 5.46 Å². The minimum Gasteiger partial charge on any atom is -0.399 e. The molecule has 0 aliphatic carbocycles. The number of hydrogen-bond acceptors (Lipinski definition) is 2. The Morgan fingerprint density at radius 3 is 1.57 bits per heavy atom. The molecule has 6 rings (SSSR count). The third-order valence-corrected chi connectivity index (χ3v) is 7.91. The summed E-state index contributed by atoms with van der Waals surface area (Å²) in [5.41, 5.74) is 7.68. The van der Waals surface area contributed by atoms with Gasteiger partial charge in [0.15, 0.2) is 0 Å². The molecule has 5 aromatic carbocycles. The molecule has 1 heterocycles. The van der Waals surface area contributed by atoms with Crippen molar-refractivity contribution in [1.29, 1.82) is 0 Å². The van der Waals surface area contributed by atoms with Gasteiger partial charge in [-0.05, 0) is 83.4 Å². The average molecular weight is 482 g/mol. The Hall–Kier alpha value is -3.66. The van der Waals surface area contributed by atoms with Crippen LogP contribution in [0.5, 0.6) is 0 Å². The van der Waals surface area contributed by atoms with Gasteiger partial charge >= 0.3 is 7.12 Å². The highest BCUT2D eigenvalue weighted by atomic mass is 16.7. The van der Waals surface area contributed by atoms with Crippen LogP contribution >= 0.6 is 0 Å². The fourth-order valence-corrected chi connectivity index (χ4v) is 5.13. The highest BCUT2D eigenvalue weighted by molar-refractivity contribution is 6.62. The summed E-state index contributed by atoms with van der Waals surface area (Å²) in [4.78, 5) is 0. The van der Waals surface area contributed by atoms with Crippen molar-refractivity contribution >= 4 is 23.4 Å². The van der Waals surface area contributed by atoms with Crippen LogP contribution in [0.2, 0.25) is 0 Å².